The monoisotopic (exact) mass is 267 g/mol. The number of hydrogen-bond acceptors (Lipinski definition) is 3. The molecule has 1 aliphatic rings. The number of aromatic nitrogens is 1. The van der Waals surface area contributed by atoms with Gasteiger partial charge >= 0.3 is 0 Å². The molecule has 0 fully saturated rings. The van der Waals surface area contributed by atoms with Gasteiger partial charge in [0.25, 0.3) is 5.91 Å². The van der Waals surface area contributed by atoms with Crippen LogP contribution in [0.15, 0.2) is 36.5 Å². The molecule has 0 bridgehead atoms. The molecule has 0 unspecified atom stereocenters. The summed E-state index contributed by atoms with van der Waals surface area (Å²) in [5.74, 6) is -0.168. The number of nitrogens with zero attached hydrogens (tertiary/aromatic N) is 1. The first-order valence-corrected chi connectivity index (χ1v) is 6.84. The van der Waals surface area contributed by atoms with Gasteiger partial charge in [0.15, 0.2) is 0 Å². The quantitative estimate of drug-likeness (QED) is 0.879. The largest absolute Gasteiger partial charge is 0.385 e. The zero-order valence-corrected chi connectivity index (χ0v) is 11.4. The molecule has 1 aliphatic heterocycles. The molecule has 0 saturated heterocycles. The lowest BCUT2D eigenvalue weighted by atomic mass is 10.0. The standard InChI is InChI=1S/C16H17N3O/c1-11-4-2-9-18-15(11)16(20)19-13-7-6-12-5-3-8-17-14(12)10-13/h2,4,6-7,9-10,17H,3,5,8H2,1H3,(H,19,20). The molecule has 0 aliphatic carbocycles. The molecule has 1 amide bonds. The second kappa shape index (κ2) is 5.33. The minimum absolute atomic E-state index is 0.168. The maximum atomic E-state index is 12.2. The molecule has 2 aromatic rings. The number of carbonyl (C=O) groups excluding carboxylic acids is 1. The highest BCUT2D eigenvalue weighted by atomic mass is 16.1. The Morgan fingerprint density at radius 2 is 2.25 bits per heavy atom. The van der Waals surface area contributed by atoms with Crippen LogP contribution in [-0.2, 0) is 6.42 Å². The van der Waals surface area contributed by atoms with E-state index in [1.54, 1.807) is 6.20 Å². The summed E-state index contributed by atoms with van der Waals surface area (Å²) in [5.41, 5.74) is 4.57. The van der Waals surface area contributed by atoms with E-state index in [2.05, 4.69) is 21.7 Å². The van der Waals surface area contributed by atoms with Crippen LogP contribution in [0.1, 0.15) is 28.0 Å². The fourth-order valence-corrected chi connectivity index (χ4v) is 2.45. The Kier molecular flexibility index (Phi) is 3.37. The number of fused-ring (bicyclic) bond motifs is 1. The molecular weight excluding hydrogens is 250 g/mol. The molecule has 0 spiro atoms. The van der Waals surface area contributed by atoms with Crippen LogP contribution in [0.5, 0.6) is 0 Å². The van der Waals surface area contributed by atoms with Crippen molar-refractivity contribution in [3.05, 3.63) is 53.3 Å². The minimum Gasteiger partial charge on any atom is -0.385 e. The van der Waals surface area contributed by atoms with Crippen LogP contribution < -0.4 is 10.6 Å². The van der Waals surface area contributed by atoms with Gasteiger partial charge in [0.1, 0.15) is 5.69 Å². The summed E-state index contributed by atoms with van der Waals surface area (Å²) in [6.07, 6.45) is 3.89. The zero-order chi connectivity index (χ0) is 13.9. The molecule has 2 heterocycles. The van der Waals surface area contributed by atoms with E-state index in [4.69, 9.17) is 0 Å². The van der Waals surface area contributed by atoms with E-state index in [1.807, 2.05) is 31.2 Å². The molecule has 1 aromatic carbocycles. The molecule has 0 saturated carbocycles. The van der Waals surface area contributed by atoms with E-state index in [9.17, 15) is 4.79 Å². The van der Waals surface area contributed by atoms with Crippen molar-refractivity contribution in [3.63, 3.8) is 0 Å². The number of aryl methyl sites for hydroxylation is 2. The first-order chi connectivity index (χ1) is 9.74. The van der Waals surface area contributed by atoms with Crippen LogP contribution in [0, 0.1) is 6.92 Å². The molecule has 102 valence electrons. The van der Waals surface area contributed by atoms with Crippen molar-refractivity contribution in [3.8, 4) is 0 Å². The summed E-state index contributed by atoms with van der Waals surface area (Å²) < 4.78 is 0. The van der Waals surface area contributed by atoms with Gasteiger partial charge in [-0.25, -0.2) is 0 Å². The first-order valence-electron chi connectivity index (χ1n) is 6.84. The number of hydrogen-bond donors (Lipinski definition) is 2. The van der Waals surface area contributed by atoms with Crippen molar-refractivity contribution in [2.24, 2.45) is 0 Å². The van der Waals surface area contributed by atoms with Gasteiger partial charge in [-0.15, -0.1) is 0 Å². The lowest BCUT2D eigenvalue weighted by molar-refractivity contribution is 0.102. The zero-order valence-electron chi connectivity index (χ0n) is 11.4. The maximum absolute atomic E-state index is 12.2. The van der Waals surface area contributed by atoms with Crippen LogP contribution in [0.2, 0.25) is 0 Å². The lowest BCUT2D eigenvalue weighted by Gasteiger charge is -2.18. The van der Waals surface area contributed by atoms with Gasteiger partial charge in [0, 0.05) is 24.1 Å². The number of amides is 1. The van der Waals surface area contributed by atoms with Crippen LogP contribution in [-0.4, -0.2) is 17.4 Å². The Bertz CT molecular complexity index is 652. The van der Waals surface area contributed by atoms with Gasteiger partial charge in [0.05, 0.1) is 0 Å². The van der Waals surface area contributed by atoms with Crippen LogP contribution in [0.4, 0.5) is 11.4 Å². The SMILES string of the molecule is Cc1cccnc1C(=O)Nc1ccc2c(c1)NCCC2. The fraction of sp³-hybridized carbons (Fsp3) is 0.250. The van der Waals surface area contributed by atoms with Crippen LogP contribution in [0.3, 0.4) is 0 Å². The third-order valence-corrected chi connectivity index (χ3v) is 3.53. The maximum Gasteiger partial charge on any atom is 0.274 e. The summed E-state index contributed by atoms with van der Waals surface area (Å²) in [5, 5.41) is 6.27. The Labute approximate surface area is 118 Å². The van der Waals surface area contributed by atoms with E-state index < -0.39 is 0 Å². The van der Waals surface area contributed by atoms with Gasteiger partial charge in [-0.3, -0.25) is 9.78 Å². The van der Waals surface area contributed by atoms with Gasteiger partial charge in [-0.05, 0) is 49.1 Å². The van der Waals surface area contributed by atoms with Gasteiger partial charge in [-0.2, -0.15) is 0 Å². The average Bonchev–Trinajstić information content (AvgIpc) is 2.47. The van der Waals surface area contributed by atoms with Crippen molar-refractivity contribution >= 4 is 17.3 Å². The van der Waals surface area contributed by atoms with E-state index in [0.29, 0.717) is 5.69 Å². The van der Waals surface area contributed by atoms with Gasteiger partial charge in [-0.1, -0.05) is 12.1 Å². The number of rotatable bonds is 2. The smallest absolute Gasteiger partial charge is 0.274 e. The summed E-state index contributed by atoms with van der Waals surface area (Å²) in [7, 11) is 0. The van der Waals surface area contributed by atoms with Crippen LogP contribution >= 0.6 is 0 Å². The lowest BCUT2D eigenvalue weighted by Crippen LogP contribution is -2.16. The van der Waals surface area contributed by atoms with Crippen molar-refractivity contribution in [1.82, 2.24) is 4.98 Å². The molecular formula is C16H17N3O. The molecule has 3 rings (SSSR count). The molecule has 0 radical (unpaired) electrons. The normalized spacial score (nSPS) is 13.2. The van der Waals surface area contributed by atoms with E-state index >= 15 is 0 Å². The van der Waals surface area contributed by atoms with E-state index in [1.165, 1.54) is 5.56 Å². The van der Waals surface area contributed by atoms with Gasteiger partial charge < -0.3 is 10.6 Å². The highest BCUT2D eigenvalue weighted by molar-refractivity contribution is 6.04. The Balaban J connectivity index is 1.81. The Hall–Kier alpha value is -2.36. The van der Waals surface area contributed by atoms with Gasteiger partial charge in [0.2, 0.25) is 0 Å². The minimum atomic E-state index is -0.168. The topological polar surface area (TPSA) is 54.0 Å². The van der Waals surface area contributed by atoms with E-state index in [0.717, 1.165) is 36.3 Å². The summed E-state index contributed by atoms with van der Waals surface area (Å²) in [4.78, 5) is 16.3. The second-order valence-electron chi connectivity index (χ2n) is 5.03. The third kappa shape index (κ3) is 2.50. The summed E-state index contributed by atoms with van der Waals surface area (Å²) in [6, 6.07) is 9.72. The van der Waals surface area contributed by atoms with Crippen molar-refractivity contribution < 1.29 is 4.79 Å². The second-order valence-corrected chi connectivity index (χ2v) is 5.03. The molecule has 4 heteroatoms. The number of benzene rings is 1. The summed E-state index contributed by atoms with van der Waals surface area (Å²) >= 11 is 0. The molecule has 0 atom stereocenters. The van der Waals surface area contributed by atoms with E-state index in [-0.39, 0.29) is 5.91 Å². The average molecular weight is 267 g/mol. The third-order valence-electron chi connectivity index (χ3n) is 3.53. The number of anilines is 2. The summed E-state index contributed by atoms with van der Waals surface area (Å²) in [6.45, 7) is 2.88. The number of pyridine rings is 1. The predicted molar refractivity (Wildman–Crippen MR) is 80.2 cm³/mol. The molecule has 20 heavy (non-hydrogen) atoms. The Morgan fingerprint density at radius 1 is 1.35 bits per heavy atom. The predicted octanol–water partition coefficient (Wildman–Crippen LogP) is 3.00. The van der Waals surface area contributed by atoms with Crippen LogP contribution in [0.25, 0.3) is 0 Å². The highest BCUT2D eigenvalue weighted by Gasteiger charge is 2.13. The number of nitrogens with one attached hydrogen (secondary N) is 2. The van der Waals surface area contributed by atoms with Crippen molar-refractivity contribution in [1.29, 1.82) is 0 Å². The molecule has 4 nitrogen and oxygen atoms in total. The van der Waals surface area contributed by atoms with Crippen molar-refractivity contribution in [2.75, 3.05) is 17.2 Å². The molecule has 1 aromatic heterocycles. The highest BCUT2D eigenvalue weighted by Crippen LogP contribution is 2.25. The van der Waals surface area contributed by atoms with Crippen molar-refractivity contribution in [2.45, 2.75) is 19.8 Å². The fourth-order valence-electron chi connectivity index (χ4n) is 2.45. The first kappa shape index (κ1) is 12.7. The number of carbonyl (C=O) groups is 1. The molecule has 2 N–H and O–H groups in total. The Morgan fingerprint density at radius 3 is 3.10 bits per heavy atom.